The second kappa shape index (κ2) is 5.50. The monoisotopic (exact) mass is 263 g/mol. The maximum atomic E-state index is 12.0. The predicted octanol–water partition coefficient (Wildman–Crippen LogP) is 1.66. The van der Waals surface area contributed by atoms with Crippen molar-refractivity contribution in [3.05, 3.63) is 40.3 Å². The first-order valence-corrected chi connectivity index (χ1v) is 6.19. The van der Waals surface area contributed by atoms with Crippen LogP contribution >= 0.6 is 11.3 Å². The summed E-state index contributed by atoms with van der Waals surface area (Å²) < 4.78 is 5.14. The molecule has 2 aromatic rings. The van der Waals surface area contributed by atoms with Crippen molar-refractivity contribution in [2.24, 2.45) is 0 Å². The van der Waals surface area contributed by atoms with Crippen LogP contribution in [-0.2, 0) is 6.54 Å². The lowest BCUT2D eigenvalue weighted by Crippen LogP contribution is -2.23. The quantitative estimate of drug-likeness (QED) is 0.822. The van der Waals surface area contributed by atoms with Crippen molar-refractivity contribution in [1.82, 2.24) is 10.3 Å². The maximum Gasteiger partial charge on any atom is 0.255 e. The Hall–Kier alpha value is -2.08. The second-order valence-corrected chi connectivity index (χ2v) is 4.52. The number of methoxy groups -OCH3 is 1. The Morgan fingerprint density at radius 2 is 2.39 bits per heavy atom. The zero-order valence-corrected chi connectivity index (χ0v) is 10.7. The first-order valence-electron chi connectivity index (χ1n) is 5.31. The van der Waals surface area contributed by atoms with Gasteiger partial charge in [-0.15, -0.1) is 11.3 Å². The molecule has 94 valence electrons. The third-order valence-electron chi connectivity index (χ3n) is 2.38. The molecule has 2 rings (SSSR count). The molecule has 3 N–H and O–H groups in total. The summed E-state index contributed by atoms with van der Waals surface area (Å²) in [5.41, 5.74) is 6.61. The molecule has 1 amide bonds. The van der Waals surface area contributed by atoms with Gasteiger partial charge in [-0.3, -0.25) is 4.79 Å². The number of carbonyl (C=O) groups is 1. The van der Waals surface area contributed by atoms with Crippen LogP contribution in [0.1, 0.15) is 15.4 Å². The zero-order chi connectivity index (χ0) is 13.0. The fourth-order valence-electron chi connectivity index (χ4n) is 1.55. The Labute approximate surface area is 109 Å². The minimum atomic E-state index is -0.227. The van der Waals surface area contributed by atoms with Gasteiger partial charge in [0.2, 0.25) is 0 Å². The number of nitrogens with one attached hydrogen (secondary N) is 1. The third kappa shape index (κ3) is 2.60. The summed E-state index contributed by atoms with van der Waals surface area (Å²) in [6.07, 6.45) is 1.70. The molecule has 0 atom stereocenters. The van der Waals surface area contributed by atoms with Gasteiger partial charge < -0.3 is 15.8 Å². The lowest BCUT2D eigenvalue weighted by molar-refractivity contribution is 0.0948. The Balaban J connectivity index is 2.11. The number of nitrogen functional groups attached to an aromatic ring is 1. The van der Waals surface area contributed by atoms with E-state index in [1.54, 1.807) is 24.4 Å². The molecule has 0 aliphatic heterocycles. The number of para-hydroxylation sites is 1. The topological polar surface area (TPSA) is 77.2 Å². The molecule has 0 unspecified atom stereocenters. The van der Waals surface area contributed by atoms with Crippen molar-refractivity contribution in [2.75, 3.05) is 12.8 Å². The van der Waals surface area contributed by atoms with E-state index < -0.39 is 0 Å². The Morgan fingerprint density at radius 3 is 3.06 bits per heavy atom. The molecule has 0 spiro atoms. The van der Waals surface area contributed by atoms with Crippen molar-refractivity contribution >= 4 is 22.9 Å². The molecule has 0 aliphatic rings. The van der Waals surface area contributed by atoms with Crippen LogP contribution in [0.2, 0.25) is 0 Å². The summed E-state index contributed by atoms with van der Waals surface area (Å²) in [7, 11) is 1.49. The highest BCUT2D eigenvalue weighted by molar-refractivity contribution is 7.09. The summed E-state index contributed by atoms with van der Waals surface area (Å²) >= 11 is 1.49. The maximum absolute atomic E-state index is 12.0. The van der Waals surface area contributed by atoms with E-state index >= 15 is 0 Å². The number of anilines is 1. The second-order valence-electron chi connectivity index (χ2n) is 3.54. The van der Waals surface area contributed by atoms with Crippen LogP contribution in [0.5, 0.6) is 5.75 Å². The van der Waals surface area contributed by atoms with Crippen LogP contribution in [-0.4, -0.2) is 18.0 Å². The van der Waals surface area contributed by atoms with Crippen molar-refractivity contribution in [3.63, 3.8) is 0 Å². The molecule has 0 radical (unpaired) electrons. The van der Waals surface area contributed by atoms with Gasteiger partial charge in [-0.1, -0.05) is 6.07 Å². The number of nitrogens with zero attached hydrogens (tertiary/aromatic N) is 1. The molecule has 18 heavy (non-hydrogen) atoms. The van der Waals surface area contributed by atoms with E-state index in [2.05, 4.69) is 10.3 Å². The zero-order valence-electron chi connectivity index (χ0n) is 9.84. The molecule has 0 bridgehead atoms. The van der Waals surface area contributed by atoms with Crippen LogP contribution in [0.15, 0.2) is 29.8 Å². The van der Waals surface area contributed by atoms with Gasteiger partial charge in [0.05, 0.1) is 24.9 Å². The molecule has 1 aromatic carbocycles. The van der Waals surface area contributed by atoms with Crippen molar-refractivity contribution in [3.8, 4) is 5.75 Å². The van der Waals surface area contributed by atoms with Gasteiger partial charge in [0, 0.05) is 11.6 Å². The highest BCUT2D eigenvalue weighted by atomic mass is 32.1. The van der Waals surface area contributed by atoms with E-state index in [1.807, 2.05) is 5.38 Å². The molecule has 0 saturated carbocycles. The van der Waals surface area contributed by atoms with Gasteiger partial charge in [-0.05, 0) is 12.1 Å². The Morgan fingerprint density at radius 1 is 1.56 bits per heavy atom. The number of nitrogens with two attached hydrogens (primary N) is 1. The van der Waals surface area contributed by atoms with E-state index in [0.29, 0.717) is 23.5 Å². The third-order valence-corrected chi connectivity index (χ3v) is 3.16. The van der Waals surface area contributed by atoms with Crippen molar-refractivity contribution in [1.29, 1.82) is 0 Å². The number of ether oxygens (including phenoxy) is 1. The number of hydrogen-bond acceptors (Lipinski definition) is 5. The number of amides is 1. The summed E-state index contributed by atoms with van der Waals surface area (Å²) in [5.74, 6) is 0.170. The summed E-state index contributed by atoms with van der Waals surface area (Å²) in [6.45, 7) is 0.397. The van der Waals surface area contributed by atoms with E-state index in [1.165, 1.54) is 18.4 Å². The van der Waals surface area contributed by atoms with Gasteiger partial charge in [-0.25, -0.2) is 4.98 Å². The van der Waals surface area contributed by atoms with Crippen LogP contribution in [0, 0.1) is 0 Å². The Kier molecular flexibility index (Phi) is 3.78. The first-order chi connectivity index (χ1) is 8.72. The van der Waals surface area contributed by atoms with E-state index in [-0.39, 0.29) is 5.91 Å². The fraction of sp³-hybridized carbons (Fsp3) is 0.167. The van der Waals surface area contributed by atoms with E-state index in [9.17, 15) is 4.79 Å². The lowest BCUT2D eigenvalue weighted by Gasteiger charge is -2.10. The summed E-state index contributed by atoms with van der Waals surface area (Å²) in [6, 6.07) is 5.08. The standard InChI is InChI=1S/C12H13N3O2S/c1-17-11-8(3-2-4-9(11)13)12(16)15-7-10-14-5-6-18-10/h2-6H,7,13H2,1H3,(H,15,16). The molecule has 0 saturated heterocycles. The minimum Gasteiger partial charge on any atom is -0.494 e. The molecule has 1 heterocycles. The van der Waals surface area contributed by atoms with E-state index in [0.717, 1.165) is 5.01 Å². The van der Waals surface area contributed by atoms with Gasteiger partial charge in [-0.2, -0.15) is 0 Å². The fourth-order valence-corrected chi connectivity index (χ4v) is 2.11. The number of hydrogen-bond donors (Lipinski definition) is 2. The van der Waals surface area contributed by atoms with Crippen molar-refractivity contribution < 1.29 is 9.53 Å². The van der Waals surface area contributed by atoms with Gasteiger partial charge in [0.15, 0.2) is 5.75 Å². The number of rotatable bonds is 4. The number of thiazole rings is 1. The highest BCUT2D eigenvalue weighted by Crippen LogP contribution is 2.25. The molecule has 6 heteroatoms. The van der Waals surface area contributed by atoms with Crippen LogP contribution < -0.4 is 15.8 Å². The smallest absolute Gasteiger partial charge is 0.255 e. The SMILES string of the molecule is COc1c(N)cccc1C(=O)NCc1nccs1. The molecule has 1 aromatic heterocycles. The highest BCUT2D eigenvalue weighted by Gasteiger charge is 2.14. The molecular weight excluding hydrogens is 250 g/mol. The summed E-state index contributed by atoms with van der Waals surface area (Å²) in [4.78, 5) is 16.1. The van der Waals surface area contributed by atoms with Crippen LogP contribution in [0.4, 0.5) is 5.69 Å². The van der Waals surface area contributed by atoms with E-state index in [4.69, 9.17) is 10.5 Å². The molecule has 0 fully saturated rings. The normalized spacial score (nSPS) is 10.1. The largest absolute Gasteiger partial charge is 0.494 e. The number of benzene rings is 1. The average Bonchev–Trinajstić information content (AvgIpc) is 2.88. The van der Waals surface area contributed by atoms with Crippen LogP contribution in [0.3, 0.4) is 0 Å². The minimum absolute atomic E-state index is 0.227. The molecule has 5 nitrogen and oxygen atoms in total. The molecular formula is C12H13N3O2S. The first kappa shape index (κ1) is 12.4. The lowest BCUT2D eigenvalue weighted by atomic mass is 10.1. The Bertz CT molecular complexity index is 540. The number of aromatic nitrogens is 1. The van der Waals surface area contributed by atoms with Crippen molar-refractivity contribution in [2.45, 2.75) is 6.54 Å². The van der Waals surface area contributed by atoms with Gasteiger partial charge in [0.1, 0.15) is 5.01 Å². The summed E-state index contributed by atoms with van der Waals surface area (Å²) in [5, 5.41) is 5.49. The van der Waals surface area contributed by atoms with Gasteiger partial charge in [0.25, 0.3) is 5.91 Å². The van der Waals surface area contributed by atoms with Crippen LogP contribution in [0.25, 0.3) is 0 Å². The average molecular weight is 263 g/mol. The van der Waals surface area contributed by atoms with Gasteiger partial charge >= 0.3 is 0 Å². The number of carbonyl (C=O) groups excluding carboxylic acids is 1. The molecule has 0 aliphatic carbocycles. The predicted molar refractivity (Wildman–Crippen MR) is 70.7 cm³/mol.